The topological polar surface area (TPSA) is 27.7 Å². The molecule has 0 fully saturated rings. The first kappa shape index (κ1) is 20.3. The quantitative estimate of drug-likeness (QED) is 0.450. The Morgan fingerprint density at radius 1 is 0.950 bits per heavy atom. The van der Waals surface area contributed by atoms with Gasteiger partial charge in [0, 0.05) is 6.04 Å². The third kappa shape index (κ3) is 11.0. The Kier molecular flexibility index (Phi) is 7.61. The fraction of sp³-hybridized carbons (Fsp3) is 0.857. The summed E-state index contributed by atoms with van der Waals surface area (Å²) in [4.78, 5) is 0. The molecule has 0 aromatic carbocycles. The van der Waals surface area contributed by atoms with Gasteiger partial charge in [0.05, 0.1) is 12.7 Å². The van der Waals surface area contributed by atoms with E-state index in [1.54, 1.807) is 0 Å². The Morgan fingerprint density at radius 2 is 1.35 bits per heavy atom. The minimum absolute atomic E-state index is 0.149. The van der Waals surface area contributed by atoms with E-state index in [2.05, 4.69) is 59.3 Å². The molecule has 6 heteroatoms. The van der Waals surface area contributed by atoms with Gasteiger partial charge in [-0.2, -0.15) is 0 Å². The zero-order valence-electron chi connectivity index (χ0n) is 14.9. The van der Waals surface area contributed by atoms with Crippen LogP contribution in [0.3, 0.4) is 0 Å². The molecule has 0 saturated carbocycles. The van der Waals surface area contributed by atoms with Gasteiger partial charge in [-0.15, -0.1) is 0 Å². The SMILES string of the molecule is C=C(C)COC(C)C[Si](C)(O[Si](C)(C)C)O[Si](C)(C)C. The molecule has 0 aliphatic rings. The van der Waals surface area contributed by atoms with Gasteiger partial charge in [0.15, 0.2) is 16.6 Å². The Labute approximate surface area is 129 Å². The second-order valence-electron chi connectivity index (χ2n) is 7.85. The Balaban J connectivity index is 4.80. The first-order valence-electron chi connectivity index (χ1n) is 7.39. The van der Waals surface area contributed by atoms with E-state index in [-0.39, 0.29) is 6.10 Å². The van der Waals surface area contributed by atoms with Crippen molar-refractivity contribution in [3.63, 3.8) is 0 Å². The summed E-state index contributed by atoms with van der Waals surface area (Å²) in [6.45, 7) is 24.2. The smallest absolute Gasteiger partial charge is 0.317 e. The fourth-order valence-corrected chi connectivity index (χ4v) is 15.0. The van der Waals surface area contributed by atoms with Gasteiger partial charge >= 0.3 is 8.56 Å². The van der Waals surface area contributed by atoms with E-state index in [1.807, 2.05) is 6.92 Å². The first-order chi connectivity index (χ1) is 8.72. The normalized spacial score (nSPS) is 15.2. The van der Waals surface area contributed by atoms with E-state index in [0.717, 1.165) is 11.6 Å². The Hall–Kier alpha value is 0.271. The summed E-state index contributed by atoms with van der Waals surface area (Å²) < 4.78 is 18.8. The largest absolute Gasteiger partial charge is 0.437 e. The van der Waals surface area contributed by atoms with Crippen LogP contribution in [0, 0.1) is 0 Å². The van der Waals surface area contributed by atoms with Crippen LogP contribution in [0.1, 0.15) is 13.8 Å². The Morgan fingerprint density at radius 3 is 1.65 bits per heavy atom. The minimum atomic E-state index is -2.19. The van der Waals surface area contributed by atoms with Crippen molar-refractivity contribution >= 4 is 25.2 Å². The molecule has 3 nitrogen and oxygen atoms in total. The molecule has 0 N–H and O–H groups in total. The molecule has 0 rings (SSSR count). The molecule has 0 saturated heterocycles. The van der Waals surface area contributed by atoms with E-state index < -0.39 is 25.2 Å². The lowest BCUT2D eigenvalue weighted by atomic mass is 10.4. The highest BCUT2D eigenvalue weighted by Crippen LogP contribution is 2.26. The zero-order valence-corrected chi connectivity index (χ0v) is 17.9. The van der Waals surface area contributed by atoms with Crippen LogP contribution in [0.4, 0.5) is 0 Å². The third-order valence-corrected chi connectivity index (χ3v) is 12.0. The molecule has 1 unspecified atom stereocenters. The summed E-state index contributed by atoms with van der Waals surface area (Å²) in [6, 6.07) is 0.884. The summed E-state index contributed by atoms with van der Waals surface area (Å²) >= 11 is 0. The highest BCUT2D eigenvalue weighted by Gasteiger charge is 2.41. The van der Waals surface area contributed by atoms with E-state index in [9.17, 15) is 0 Å². The summed E-state index contributed by atoms with van der Waals surface area (Å²) in [7, 11) is -5.42. The van der Waals surface area contributed by atoms with E-state index >= 15 is 0 Å². The third-order valence-electron chi connectivity index (χ3n) is 2.32. The summed E-state index contributed by atoms with van der Waals surface area (Å²) in [5, 5.41) is 0. The molecular weight excluding hydrogens is 300 g/mol. The van der Waals surface area contributed by atoms with Crippen LogP contribution in [0.15, 0.2) is 12.2 Å². The van der Waals surface area contributed by atoms with Crippen molar-refractivity contribution in [3.05, 3.63) is 12.2 Å². The van der Waals surface area contributed by atoms with Crippen molar-refractivity contribution in [1.82, 2.24) is 0 Å². The lowest BCUT2D eigenvalue weighted by Gasteiger charge is -2.39. The number of rotatable bonds is 9. The molecular formula is C14H34O3Si3. The fourth-order valence-electron chi connectivity index (χ4n) is 2.27. The molecule has 0 heterocycles. The molecule has 0 aliphatic heterocycles. The average molecular weight is 335 g/mol. The van der Waals surface area contributed by atoms with Crippen LogP contribution >= 0.6 is 0 Å². The highest BCUT2D eigenvalue weighted by molar-refractivity contribution is 6.87. The first-order valence-corrected chi connectivity index (χ1v) is 16.7. The molecule has 20 heavy (non-hydrogen) atoms. The lowest BCUT2D eigenvalue weighted by Crippen LogP contribution is -2.54. The van der Waals surface area contributed by atoms with Crippen molar-refractivity contribution in [2.24, 2.45) is 0 Å². The maximum atomic E-state index is 6.47. The Bertz CT molecular complexity index is 303. The molecule has 0 spiro atoms. The van der Waals surface area contributed by atoms with Crippen LogP contribution < -0.4 is 0 Å². The van der Waals surface area contributed by atoms with Crippen molar-refractivity contribution in [2.75, 3.05) is 6.61 Å². The summed E-state index contributed by atoms with van der Waals surface area (Å²) in [6.07, 6.45) is 0.149. The zero-order chi connectivity index (χ0) is 16.2. The summed E-state index contributed by atoms with van der Waals surface area (Å²) in [5.41, 5.74) is 1.05. The maximum absolute atomic E-state index is 6.47. The van der Waals surface area contributed by atoms with Crippen LogP contribution in [-0.4, -0.2) is 37.9 Å². The minimum Gasteiger partial charge on any atom is -0.437 e. The van der Waals surface area contributed by atoms with Crippen molar-refractivity contribution < 1.29 is 13.0 Å². The van der Waals surface area contributed by atoms with Gasteiger partial charge < -0.3 is 13.0 Å². The van der Waals surface area contributed by atoms with Crippen LogP contribution in [0.25, 0.3) is 0 Å². The highest BCUT2D eigenvalue weighted by atomic mass is 28.5. The van der Waals surface area contributed by atoms with Crippen molar-refractivity contribution in [1.29, 1.82) is 0 Å². The predicted octanol–water partition coefficient (Wildman–Crippen LogP) is 4.74. The molecule has 120 valence electrons. The number of ether oxygens (including phenoxy) is 1. The lowest BCUT2D eigenvalue weighted by molar-refractivity contribution is 0.0913. The molecule has 1 atom stereocenters. The van der Waals surface area contributed by atoms with Gasteiger partial charge in [-0.05, 0) is 59.7 Å². The van der Waals surface area contributed by atoms with Crippen LogP contribution in [0.2, 0.25) is 51.9 Å². The standard InChI is InChI=1S/C14H34O3Si3/c1-13(2)11-15-14(3)12-20(10,16-18(4,5)6)17-19(7,8)9/h14H,1,11-12H2,2-10H3. The monoisotopic (exact) mass is 334 g/mol. The van der Waals surface area contributed by atoms with Crippen LogP contribution in [0.5, 0.6) is 0 Å². The van der Waals surface area contributed by atoms with E-state index in [1.165, 1.54) is 0 Å². The van der Waals surface area contributed by atoms with Crippen molar-refractivity contribution in [2.45, 2.75) is 71.8 Å². The van der Waals surface area contributed by atoms with Crippen molar-refractivity contribution in [3.8, 4) is 0 Å². The molecule has 0 aromatic rings. The summed E-state index contributed by atoms with van der Waals surface area (Å²) in [5.74, 6) is 0. The van der Waals surface area contributed by atoms with Gasteiger partial charge in [0.1, 0.15) is 0 Å². The van der Waals surface area contributed by atoms with Gasteiger partial charge in [0.2, 0.25) is 0 Å². The number of hydrogen-bond acceptors (Lipinski definition) is 3. The molecule has 0 bridgehead atoms. The second-order valence-corrected chi connectivity index (χ2v) is 20.6. The van der Waals surface area contributed by atoms with Gasteiger partial charge in [-0.1, -0.05) is 12.2 Å². The predicted molar refractivity (Wildman–Crippen MR) is 95.5 cm³/mol. The van der Waals surface area contributed by atoms with E-state index in [4.69, 9.17) is 13.0 Å². The second kappa shape index (κ2) is 7.51. The van der Waals surface area contributed by atoms with Gasteiger partial charge in [-0.3, -0.25) is 0 Å². The maximum Gasteiger partial charge on any atom is 0.317 e. The van der Waals surface area contributed by atoms with E-state index in [0.29, 0.717) is 6.61 Å². The molecule has 0 aromatic heterocycles. The van der Waals surface area contributed by atoms with Gasteiger partial charge in [0.25, 0.3) is 0 Å². The van der Waals surface area contributed by atoms with Crippen LogP contribution in [-0.2, 0) is 13.0 Å². The average Bonchev–Trinajstić information content (AvgIpc) is 2.06. The van der Waals surface area contributed by atoms with Gasteiger partial charge in [-0.25, -0.2) is 0 Å². The molecule has 0 aliphatic carbocycles. The molecule has 0 radical (unpaired) electrons. The number of hydrogen-bond donors (Lipinski definition) is 0. The molecule has 0 amide bonds.